The SMILES string of the molecule is CC1C(=O)NC2(CCCC2)C(=O)N1CCC1CC1. The highest BCUT2D eigenvalue weighted by Gasteiger charge is 2.50. The van der Waals surface area contributed by atoms with Crippen LogP contribution in [-0.4, -0.2) is 34.8 Å². The van der Waals surface area contributed by atoms with Crippen LogP contribution in [0.1, 0.15) is 51.9 Å². The predicted octanol–water partition coefficient (Wildman–Crippen LogP) is 1.45. The smallest absolute Gasteiger partial charge is 0.248 e. The normalized spacial score (nSPS) is 30.9. The van der Waals surface area contributed by atoms with Gasteiger partial charge in [0.05, 0.1) is 0 Å². The van der Waals surface area contributed by atoms with Crippen molar-refractivity contribution in [2.45, 2.75) is 63.5 Å². The minimum atomic E-state index is -0.548. The third-order valence-corrected chi connectivity index (χ3v) is 4.81. The largest absolute Gasteiger partial charge is 0.340 e. The van der Waals surface area contributed by atoms with Crippen molar-refractivity contribution in [3.8, 4) is 0 Å². The molecule has 100 valence electrons. The molecule has 3 rings (SSSR count). The minimum Gasteiger partial charge on any atom is -0.340 e. The predicted molar refractivity (Wildman–Crippen MR) is 67.9 cm³/mol. The topological polar surface area (TPSA) is 49.4 Å². The zero-order valence-corrected chi connectivity index (χ0v) is 11.1. The molecule has 2 aliphatic carbocycles. The van der Waals surface area contributed by atoms with Crippen LogP contribution in [0.2, 0.25) is 0 Å². The maximum Gasteiger partial charge on any atom is 0.248 e. The summed E-state index contributed by atoms with van der Waals surface area (Å²) >= 11 is 0. The van der Waals surface area contributed by atoms with E-state index in [1.54, 1.807) is 0 Å². The summed E-state index contributed by atoms with van der Waals surface area (Å²) in [6.07, 6.45) is 7.42. The van der Waals surface area contributed by atoms with Crippen molar-refractivity contribution in [2.24, 2.45) is 5.92 Å². The maximum absolute atomic E-state index is 12.6. The molecule has 0 aromatic heterocycles. The van der Waals surface area contributed by atoms with Gasteiger partial charge in [-0.3, -0.25) is 9.59 Å². The van der Waals surface area contributed by atoms with Gasteiger partial charge in [-0.25, -0.2) is 0 Å². The first-order valence-electron chi connectivity index (χ1n) is 7.25. The Balaban J connectivity index is 1.75. The molecule has 1 heterocycles. The van der Waals surface area contributed by atoms with Crippen molar-refractivity contribution < 1.29 is 9.59 Å². The van der Waals surface area contributed by atoms with Gasteiger partial charge in [-0.15, -0.1) is 0 Å². The second-order valence-corrected chi connectivity index (χ2v) is 6.19. The molecule has 1 spiro atoms. The highest BCUT2D eigenvalue weighted by molar-refractivity contribution is 5.99. The molecule has 3 fully saturated rings. The number of nitrogens with zero attached hydrogens (tertiary/aromatic N) is 1. The average molecular weight is 250 g/mol. The molecule has 4 heteroatoms. The monoisotopic (exact) mass is 250 g/mol. The summed E-state index contributed by atoms with van der Waals surface area (Å²) in [5.41, 5.74) is -0.548. The lowest BCUT2D eigenvalue weighted by atomic mass is 9.91. The number of hydrogen-bond acceptors (Lipinski definition) is 2. The van der Waals surface area contributed by atoms with E-state index in [4.69, 9.17) is 0 Å². The first-order valence-corrected chi connectivity index (χ1v) is 7.25. The summed E-state index contributed by atoms with van der Waals surface area (Å²) in [5.74, 6) is 1.01. The van der Waals surface area contributed by atoms with Crippen LogP contribution in [0.4, 0.5) is 0 Å². The second-order valence-electron chi connectivity index (χ2n) is 6.19. The summed E-state index contributed by atoms with van der Waals surface area (Å²) in [5, 5.41) is 2.99. The van der Waals surface area contributed by atoms with Crippen molar-refractivity contribution in [3.63, 3.8) is 0 Å². The van der Waals surface area contributed by atoms with E-state index in [-0.39, 0.29) is 17.9 Å². The first kappa shape index (κ1) is 12.0. The molecule has 0 bridgehead atoms. The second kappa shape index (κ2) is 4.25. The van der Waals surface area contributed by atoms with Crippen molar-refractivity contribution >= 4 is 11.8 Å². The van der Waals surface area contributed by atoms with Crippen LogP contribution in [0.3, 0.4) is 0 Å². The lowest BCUT2D eigenvalue weighted by Gasteiger charge is -2.43. The Hall–Kier alpha value is -1.06. The van der Waals surface area contributed by atoms with E-state index >= 15 is 0 Å². The summed E-state index contributed by atoms with van der Waals surface area (Å²) in [6.45, 7) is 2.61. The number of carbonyl (C=O) groups excluding carboxylic acids is 2. The van der Waals surface area contributed by atoms with Crippen molar-refractivity contribution in [3.05, 3.63) is 0 Å². The molecule has 1 atom stereocenters. The van der Waals surface area contributed by atoms with E-state index in [0.29, 0.717) is 0 Å². The summed E-state index contributed by atoms with van der Waals surface area (Å²) in [6, 6.07) is -0.289. The molecule has 2 saturated carbocycles. The fourth-order valence-corrected chi connectivity index (χ4v) is 3.33. The molecule has 18 heavy (non-hydrogen) atoms. The summed E-state index contributed by atoms with van der Waals surface area (Å²) in [4.78, 5) is 26.6. The van der Waals surface area contributed by atoms with Gasteiger partial charge in [-0.1, -0.05) is 25.7 Å². The Kier molecular flexibility index (Phi) is 2.83. The van der Waals surface area contributed by atoms with Gasteiger partial charge in [0.15, 0.2) is 0 Å². The van der Waals surface area contributed by atoms with Gasteiger partial charge in [-0.05, 0) is 32.1 Å². The van der Waals surface area contributed by atoms with E-state index < -0.39 is 5.54 Å². The van der Waals surface area contributed by atoms with Gasteiger partial charge in [0.25, 0.3) is 0 Å². The standard InChI is InChI=1S/C14H22N2O2/c1-10-12(17)15-14(7-2-3-8-14)13(18)16(10)9-6-11-4-5-11/h10-11H,2-9H2,1H3,(H,15,17). The maximum atomic E-state index is 12.6. The number of nitrogens with one attached hydrogen (secondary N) is 1. The molecule has 4 nitrogen and oxygen atoms in total. The molecule has 3 aliphatic rings. The van der Waals surface area contributed by atoms with E-state index in [0.717, 1.165) is 44.6 Å². The van der Waals surface area contributed by atoms with E-state index in [9.17, 15) is 9.59 Å². The van der Waals surface area contributed by atoms with Crippen molar-refractivity contribution in [1.82, 2.24) is 10.2 Å². The third-order valence-electron chi connectivity index (χ3n) is 4.81. The highest BCUT2D eigenvalue weighted by Crippen LogP contribution is 2.36. The number of hydrogen-bond donors (Lipinski definition) is 1. The minimum absolute atomic E-state index is 0.0345. The number of piperazine rings is 1. The summed E-state index contributed by atoms with van der Waals surface area (Å²) < 4.78 is 0. The van der Waals surface area contributed by atoms with Crippen LogP contribution < -0.4 is 5.32 Å². The fraction of sp³-hybridized carbons (Fsp3) is 0.857. The number of rotatable bonds is 3. The molecule has 0 aromatic carbocycles. The zero-order valence-electron chi connectivity index (χ0n) is 11.1. The number of carbonyl (C=O) groups is 2. The van der Waals surface area contributed by atoms with Crippen LogP contribution in [0.5, 0.6) is 0 Å². The molecule has 1 N–H and O–H groups in total. The summed E-state index contributed by atoms with van der Waals surface area (Å²) in [7, 11) is 0. The van der Waals surface area contributed by atoms with E-state index in [1.165, 1.54) is 12.8 Å². The van der Waals surface area contributed by atoms with Gasteiger partial charge in [0.1, 0.15) is 11.6 Å². The molecule has 1 unspecified atom stereocenters. The fourth-order valence-electron chi connectivity index (χ4n) is 3.33. The molecule has 0 aromatic rings. The van der Waals surface area contributed by atoms with Crippen LogP contribution in [-0.2, 0) is 9.59 Å². The molecule has 1 saturated heterocycles. The Morgan fingerprint density at radius 1 is 1.28 bits per heavy atom. The van der Waals surface area contributed by atoms with Gasteiger partial charge in [0, 0.05) is 6.54 Å². The lowest BCUT2D eigenvalue weighted by molar-refractivity contribution is -0.154. The molecule has 2 amide bonds. The van der Waals surface area contributed by atoms with Gasteiger partial charge in [-0.2, -0.15) is 0 Å². The Bertz CT molecular complexity index is 370. The van der Waals surface area contributed by atoms with Gasteiger partial charge < -0.3 is 10.2 Å². The van der Waals surface area contributed by atoms with Gasteiger partial charge >= 0.3 is 0 Å². The Morgan fingerprint density at radius 3 is 2.56 bits per heavy atom. The first-order chi connectivity index (χ1) is 8.62. The van der Waals surface area contributed by atoms with E-state index in [1.807, 2.05) is 11.8 Å². The van der Waals surface area contributed by atoms with Crippen molar-refractivity contribution in [1.29, 1.82) is 0 Å². The average Bonchev–Trinajstić information content (AvgIpc) is 3.06. The molecular formula is C14H22N2O2. The van der Waals surface area contributed by atoms with Crippen LogP contribution in [0.15, 0.2) is 0 Å². The van der Waals surface area contributed by atoms with Crippen LogP contribution >= 0.6 is 0 Å². The third kappa shape index (κ3) is 1.91. The lowest BCUT2D eigenvalue weighted by Crippen LogP contribution is -2.68. The van der Waals surface area contributed by atoms with Crippen LogP contribution in [0.25, 0.3) is 0 Å². The highest BCUT2D eigenvalue weighted by atomic mass is 16.2. The molecule has 0 radical (unpaired) electrons. The van der Waals surface area contributed by atoms with E-state index in [2.05, 4.69) is 5.32 Å². The molecule has 1 aliphatic heterocycles. The number of amides is 2. The van der Waals surface area contributed by atoms with Gasteiger partial charge in [0.2, 0.25) is 11.8 Å². The zero-order chi connectivity index (χ0) is 12.8. The van der Waals surface area contributed by atoms with Crippen molar-refractivity contribution in [2.75, 3.05) is 6.54 Å². The Labute approximate surface area is 108 Å². The molecular weight excluding hydrogens is 228 g/mol. The quantitative estimate of drug-likeness (QED) is 0.824. The van der Waals surface area contributed by atoms with Crippen LogP contribution in [0, 0.1) is 5.92 Å². The Morgan fingerprint density at radius 2 is 1.94 bits per heavy atom.